The van der Waals surface area contributed by atoms with Gasteiger partial charge in [-0.25, -0.2) is 0 Å². The first-order valence-electron chi connectivity index (χ1n) is 6.29. The Bertz CT molecular complexity index is 488. The third-order valence-electron chi connectivity index (χ3n) is 3.61. The summed E-state index contributed by atoms with van der Waals surface area (Å²) in [5, 5.41) is 9.04. The van der Waals surface area contributed by atoms with Crippen molar-refractivity contribution >= 4 is 5.69 Å². The van der Waals surface area contributed by atoms with Crippen molar-refractivity contribution in [3.8, 4) is 17.6 Å². The monoisotopic (exact) mass is 261 g/mol. The van der Waals surface area contributed by atoms with Crippen LogP contribution in [-0.4, -0.2) is 32.8 Å². The van der Waals surface area contributed by atoms with Crippen LogP contribution >= 0.6 is 0 Å². The number of hydrogen-bond donors (Lipinski definition) is 1. The fourth-order valence-corrected chi connectivity index (χ4v) is 2.30. The first-order valence-corrected chi connectivity index (χ1v) is 6.29. The van der Waals surface area contributed by atoms with E-state index in [4.69, 9.17) is 20.5 Å². The first kappa shape index (κ1) is 13.5. The van der Waals surface area contributed by atoms with Gasteiger partial charge in [0.2, 0.25) is 0 Å². The minimum absolute atomic E-state index is 0.665. The molecule has 1 aliphatic rings. The van der Waals surface area contributed by atoms with Crippen LogP contribution < -0.4 is 20.1 Å². The number of benzene rings is 1. The summed E-state index contributed by atoms with van der Waals surface area (Å²) in [7, 11) is 3.27. The maximum Gasteiger partial charge on any atom is 0.145 e. The van der Waals surface area contributed by atoms with Gasteiger partial charge in [0.25, 0.3) is 0 Å². The largest absolute Gasteiger partial charge is 0.497 e. The summed E-state index contributed by atoms with van der Waals surface area (Å²) in [6.45, 7) is 1.51. The molecule has 1 aliphatic heterocycles. The molecule has 0 atom stereocenters. The number of rotatable bonds is 3. The average Bonchev–Trinajstić information content (AvgIpc) is 2.47. The van der Waals surface area contributed by atoms with Gasteiger partial charge in [0.05, 0.1) is 26.0 Å². The summed E-state index contributed by atoms with van der Waals surface area (Å²) in [6.07, 6.45) is 1.33. The van der Waals surface area contributed by atoms with Crippen molar-refractivity contribution in [1.29, 1.82) is 5.26 Å². The second kappa shape index (κ2) is 5.37. The molecule has 0 aliphatic carbocycles. The summed E-state index contributed by atoms with van der Waals surface area (Å²) in [6, 6.07) is 7.95. The van der Waals surface area contributed by atoms with E-state index in [1.54, 1.807) is 14.2 Å². The first-order chi connectivity index (χ1) is 9.11. The topological polar surface area (TPSA) is 71.5 Å². The van der Waals surface area contributed by atoms with Gasteiger partial charge >= 0.3 is 0 Å². The van der Waals surface area contributed by atoms with E-state index >= 15 is 0 Å². The molecule has 19 heavy (non-hydrogen) atoms. The molecule has 1 saturated heterocycles. The lowest BCUT2D eigenvalue weighted by atomic mass is 9.90. The van der Waals surface area contributed by atoms with Crippen LogP contribution in [0.1, 0.15) is 12.8 Å². The van der Waals surface area contributed by atoms with Crippen LogP contribution in [0, 0.1) is 11.3 Å². The molecule has 5 nitrogen and oxygen atoms in total. The predicted molar refractivity (Wildman–Crippen MR) is 73.5 cm³/mol. The van der Waals surface area contributed by atoms with E-state index in [9.17, 15) is 0 Å². The van der Waals surface area contributed by atoms with Gasteiger partial charge < -0.3 is 20.1 Å². The number of nitriles is 1. The van der Waals surface area contributed by atoms with Gasteiger partial charge in [0, 0.05) is 19.2 Å². The maximum absolute atomic E-state index is 9.04. The number of nitrogens with zero attached hydrogens (tertiary/aromatic N) is 2. The van der Waals surface area contributed by atoms with Crippen molar-refractivity contribution in [3.63, 3.8) is 0 Å². The Morgan fingerprint density at radius 2 is 1.95 bits per heavy atom. The Morgan fingerprint density at radius 3 is 2.47 bits per heavy atom. The number of hydrogen-bond acceptors (Lipinski definition) is 5. The molecule has 0 unspecified atom stereocenters. The number of anilines is 1. The molecular weight excluding hydrogens is 242 g/mol. The molecule has 0 spiro atoms. The highest BCUT2D eigenvalue weighted by molar-refractivity contribution is 5.61. The smallest absolute Gasteiger partial charge is 0.145 e. The fourth-order valence-electron chi connectivity index (χ4n) is 2.30. The SMILES string of the molecule is COc1ccc(N2CCC(N)(C#N)CC2)c(OC)c1. The van der Waals surface area contributed by atoms with Crippen LogP contribution in [0.15, 0.2) is 18.2 Å². The van der Waals surface area contributed by atoms with Crippen LogP contribution in [0.3, 0.4) is 0 Å². The molecule has 2 N–H and O–H groups in total. The third kappa shape index (κ3) is 2.74. The van der Waals surface area contributed by atoms with Crippen LogP contribution in [0.4, 0.5) is 5.69 Å². The second-order valence-electron chi connectivity index (χ2n) is 4.79. The highest BCUT2D eigenvalue weighted by Crippen LogP contribution is 2.34. The van der Waals surface area contributed by atoms with Gasteiger partial charge in [-0.2, -0.15) is 5.26 Å². The van der Waals surface area contributed by atoms with Crippen LogP contribution in [0.25, 0.3) is 0 Å². The molecular formula is C14H19N3O2. The van der Waals surface area contributed by atoms with Gasteiger partial charge in [0.1, 0.15) is 17.0 Å². The van der Waals surface area contributed by atoms with Crippen LogP contribution in [0.2, 0.25) is 0 Å². The lowest BCUT2D eigenvalue weighted by Gasteiger charge is -2.36. The molecule has 0 amide bonds. The van der Waals surface area contributed by atoms with Crippen molar-refractivity contribution in [2.75, 3.05) is 32.2 Å². The summed E-state index contributed by atoms with van der Waals surface area (Å²) >= 11 is 0. The van der Waals surface area contributed by atoms with Gasteiger partial charge in [0.15, 0.2) is 0 Å². The highest BCUT2D eigenvalue weighted by atomic mass is 16.5. The molecule has 102 valence electrons. The highest BCUT2D eigenvalue weighted by Gasteiger charge is 2.31. The lowest BCUT2D eigenvalue weighted by molar-refractivity contribution is 0.386. The maximum atomic E-state index is 9.04. The quantitative estimate of drug-likeness (QED) is 0.893. The zero-order valence-electron chi connectivity index (χ0n) is 11.3. The molecule has 1 heterocycles. The van der Waals surface area contributed by atoms with Gasteiger partial charge in [-0.05, 0) is 25.0 Å². The molecule has 0 bridgehead atoms. The standard InChI is InChI=1S/C14H19N3O2/c1-18-11-3-4-12(13(9-11)19-2)17-7-5-14(16,10-15)6-8-17/h3-4,9H,5-8,16H2,1-2H3. The summed E-state index contributed by atoms with van der Waals surface area (Å²) in [4.78, 5) is 2.20. The summed E-state index contributed by atoms with van der Waals surface area (Å²) in [5.41, 5.74) is 6.31. The summed E-state index contributed by atoms with van der Waals surface area (Å²) < 4.78 is 10.6. The van der Waals surface area contributed by atoms with Crippen molar-refractivity contribution in [3.05, 3.63) is 18.2 Å². The normalized spacial score (nSPS) is 17.7. The molecule has 0 saturated carbocycles. The Balaban J connectivity index is 2.18. The second-order valence-corrected chi connectivity index (χ2v) is 4.79. The van der Waals surface area contributed by atoms with Crippen LogP contribution in [0.5, 0.6) is 11.5 Å². The minimum atomic E-state index is -0.684. The Kier molecular flexibility index (Phi) is 3.82. The van der Waals surface area contributed by atoms with Crippen molar-refractivity contribution < 1.29 is 9.47 Å². The van der Waals surface area contributed by atoms with Gasteiger partial charge in [-0.3, -0.25) is 0 Å². The van der Waals surface area contributed by atoms with E-state index in [1.165, 1.54) is 0 Å². The molecule has 1 fully saturated rings. The molecule has 1 aromatic carbocycles. The number of nitrogens with two attached hydrogens (primary N) is 1. The average molecular weight is 261 g/mol. The van der Waals surface area contributed by atoms with E-state index in [1.807, 2.05) is 18.2 Å². The minimum Gasteiger partial charge on any atom is -0.497 e. The van der Waals surface area contributed by atoms with Crippen molar-refractivity contribution in [2.24, 2.45) is 5.73 Å². The van der Waals surface area contributed by atoms with E-state index in [2.05, 4.69) is 11.0 Å². The Labute approximate surface area is 113 Å². The number of methoxy groups -OCH3 is 2. The predicted octanol–water partition coefficient (Wildman–Crippen LogP) is 1.53. The van der Waals surface area contributed by atoms with E-state index < -0.39 is 5.54 Å². The Hall–Kier alpha value is -1.93. The summed E-state index contributed by atoms with van der Waals surface area (Å²) in [5.74, 6) is 1.55. The van der Waals surface area contributed by atoms with E-state index in [-0.39, 0.29) is 0 Å². The number of ether oxygens (including phenoxy) is 2. The van der Waals surface area contributed by atoms with Gasteiger partial charge in [-0.15, -0.1) is 0 Å². The van der Waals surface area contributed by atoms with E-state index in [0.29, 0.717) is 12.8 Å². The molecule has 0 aromatic heterocycles. The zero-order chi connectivity index (χ0) is 13.9. The fraction of sp³-hybridized carbons (Fsp3) is 0.500. The van der Waals surface area contributed by atoms with Gasteiger partial charge in [-0.1, -0.05) is 0 Å². The van der Waals surface area contributed by atoms with Crippen molar-refractivity contribution in [1.82, 2.24) is 0 Å². The zero-order valence-corrected chi connectivity index (χ0v) is 11.3. The third-order valence-corrected chi connectivity index (χ3v) is 3.61. The van der Waals surface area contributed by atoms with E-state index in [0.717, 1.165) is 30.3 Å². The lowest BCUT2D eigenvalue weighted by Crippen LogP contribution is -2.49. The molecule has 0 radical (unpaired) electrons. The molecule has 2 rings (SSSR count). The van der Waals surface area contributed by atoms with Crippen LogP contribution in [-0.2, 0) is 0 Å². The molecule has 5 heteroatoms. The molecule has 1 aromatic rings. The van der Waals surface area contributed by atoms with Crippen molar-refractivity contribution in [2.45, 2.75) is 18.4 Å². The Morgan fingerprint density at radius 1 is 1.26 bits per heavy atom. The number of piperidine rings is 1.